The Hall–Kier alpha value is -0.800. The molecule has 1 heterocycles. The lowest BCUT2D eigenvalue weighted by Gasteiger charge is -2.05. The van der Waals surface area contributed by atoms with Gasteiger partial charge in [-0.3, -0.25) is 0 Å². The average Bonchev–Trinajstić information content (AvgIpc) is 2.63. The first kappa shape index (κ1) is 11.7. The molecule has 2 nitrogen and oxygen atoms in total. The molecule has 16 heavy (non-hydrogen) atoms. The molecule has 0 radical (unpaired) electrons. The summed E-state index contributed by atoms with van der Waals surface area (Å²) in [6.07, 6.45) is 0.905. The molecular formula is C12H12BrClN2. The molecule has 0 aliphatic rings. The Morgan fingerprint density at radius 2 is 2.12 bits per heavy atom. The van der Waals surface area contributed by atoms with Crippen molar-refractivity contribution in [2.45, 2.75) is 19.9 Å². The van der Waals surface area contributed by atoms with Crippen LogP contribution in [-0.4, -0.2) is 9.78 Å². The van der Waals surface area contributed by atoms with Crippen LogP contribution in [0.15, 0.2) is 34.8 Å². The molecule has 0 N–H and O–H groups in total. The number of hydrogen-bond acceptors (Lipinski definition) is 1. The third-order valence-corrected chi connectivity index (χ3v) is 3.50. The first-order chi connectivity index (χ1) is 7.70. The van der Waals surface area contributed by atoms with Crippen LogP contribution in [0, 0.1) is 0 Å². The smallest absolute Gasteiger partial charge is 0.127 e. The van der Waals surface area contributed by atoms with Crippen LogP contribution in [0.5, 0.6) is 0 Å². The van der Waals surface area contributed by atoms with Crippen LogP contribution in [0.25, 0.3) is 0 Å². The summed E-state index contributed by atoms with van der Waals surface area (Å²) in [5.74, 6) is 0. The maximum absolute atomic E-state index is 6.11. The van der Waals surface area contributed by atoms with Crippen molar-refractivity contribution in [3.05, 3.63) is 51.2 Å². The third kappa shape index (κ3) is 2.47. The van der Waals surface area contributed by atoms with E-state index in [0.717, 1.165) is 16.6 Å². The van der Waals surface area contributed by atoms with Gasteiger partial charge >= 0.3 is 0 Å². The minimum atomic E-state index is 0.688. The second-order valence-electron chi connectivity index (χ2n) is 3.56. The molecule has 4 heteroatoms. The van der Waals surface area contributed by atoms with E-state index in [0.29, 0.717) is 11.7 Å². The number of rotatable bonds is 3. The fraction of sp³-hybridized carbons (Fsp3) is 0.250. The minimum Gasteiger partial charge on any atom is -0.249 e. The molecule has 0 aliphatic heterocycles. The summed E-state index contributed by atoms with van der Waals surface area (Å²) in [7, 11) is 0. The van der Waals surface area contributed by atoms with Gasteiger partial charge in [0.25, 0.3) is 0 Å². The Bertz CT molecular complexity index is 494. The van der Waals surface area contributed by atoms with E-state index in [1.54, 1.807) is 0 Å². The molecule has 0 saturated heterocycles. The van der Waals surface area contributed by atoms with E-state index < -0.39 is 0 Å². The Balaban J connectivity index is 2.27. The Kier molecular flexibility index (Phi) is 3.66. The predicted molar refractivity (Wildman–Crippen MR) is 69.9 cm³/mol. The summed E-state index contributed by atoms with van der Waals surface area (Å²) < 4.78 is 2.90. The maximum Gasteiger partial charge on any atom is 0.127 e. The van der Waals surface area contributed by atoms with Crippen LogP contribution in [0.4, 0.5) is 0 Å². The highest BCUT2D eigenvalue weighted by Crippen LogP contribution is 2.19. The van der Waals surface area contributed by atoms with Gasteiger partial charge in [0.2, 0.25) is 0 Å². The largest absolute Gasteiger partial charge is 0.249 e. The van der Waals surface area contributed by atoms with Gasteiger partial charge in [0.1, 0.15) is 5.15 Å². The van der Waals surface area contributed by atoms with E-state index in [4.69, 9.17) is 11.6 Å². The molecule has 2 aromatic rings. The molecule has 0 saturated carbocycles. The quantitative estimate of drug-likeness (QED) is 0.840. The monoisotopic (exact) mass is 298 g/mol. The van der Waals surface area contributed by atoms with Gasteiger partial charge in [-0.15, -0.1) is 0 Å². The normalized spacial score (nSPS) is 10.7. The Morgan fingerprint density at radius 1 is 1.38 bits per heavy atom. The topological polar surface area (TPSA) is 17.8 Å². The number of nitrogens with zero attached hydrogens (tertiary/aromatic N) is 2. The van der Waals surface area contributed by atoms with E-state index in [9.17, 15) is 0 Å². The standard InChI is InChI=1S/C12H12BrClN2/c1-2-10-7-12(14)16(15-10)8-9-5-3-4-6-11(9)13/h3-7H,2,8H2,1H3. The number of aromatic nitrogens is 2. The Morgan fingerprint density at radius 3 is 2.75 bits per heavy atom. The number of benzene rings is 1. The predicted octanol–water partition coefficient (Wildman–Crippen LogP) is 3.91. The van der Waals surface area contributed by atoms with Crippen LogP contribution in [0.3, 0.4) is 0 Å². The van der Waals surface area contributed by atoms with Crippen LogP contribution in [0.2, 0.25) is 5.15 Å². The summed E-state index contributed by atoms with van der Waals surface area (Å²) in [5.41, 5.74) is 2.20. The maximum atomic E-state index is 6.11. The minimum absolute atomic E-state index is 0.688. The second kappa shape index (κ2) is 5.02. The number of hydrogen-bond donors (Lipinski definition) is 0. The lowest BCUT2D eigenvalue weighted by Crippen LogP contribution is -2.03. The SMILES string of the molecule is CCc1cc(Cl)n(Cc2ccccc2Br)n1. The molecule has 0 amide bonds. The zero-order chi connectivity index (χ0) is 11.5. The fourth-order valence-electron chi connectivity index (χ4n) is 1.52. The van der Waals surface area contributed by atoms with Gasteiger partial charge in [-0.05, 0) is 24.1 Å². The molecule has 1 aromatic carbocycles. The highest BCUT2D eigenvalue weighted by molar-refractivity contribution is 9.10. The summed E-state index contributed by atoms with van der Waals surface area (Å²) in [6.45, 7) is 2.77. The fourth-order valence-corrected chi connectivity index (χ4v) is 2.15. The van der Waals surface area contributed by atoms with Crippen LogP contribution >= 0.6 is 27.5 Å². The van der Waals surface area contributed by atoms with Gasteiger partial charge in [-0.1, -0.05) is 52.7 Å². The molecule has 84 valence electrons. The summed E-state index contributed by atoms with van der Waals surface area (Å²) in [5, 5.41) is 5.12. The zero-order valence-corrected chi connectivity index (χ0v) is 11.3. The molecule has 0 spiro atoms. The van der Waals surface area contributed by atoms with Gasteiger partial charge in [-0.2, -0.15) is 5.10 Å². The van der Waals surface area contributed by atoms with E-state index in [-0.39, 0.29) is 0 Å². The third-order valence-electron chi connectivity index (χ3n) is 2.42. The summed E-state index contributed by atoms with van der Waals surface area (Å²) in [6, 6.07) is 10.0. The van der Waals surface area contributed by atoms with Crippen LogP contribution in [0.1, 0.15) is 18.2 Å². The van der Waals surface area contributed by atoms with Gasteiger partial charge in [0, 0.05) is 4.47 Å². The van der Waals surface area contributed by atoms with Crippen molar-refractivity contribution in [3.8, 4) is 0 Å². The summed E-state index contributed by atoms with van der Waals surface area (Å²) in [4.78, 5) is 0. The van der Waals surface area contributed by atoms with E-state index >= 15 is 0 Å². The van der Waals surface area contributed by atoms with Crippen molar-refractivity contribution in [3.63, 3.8) is 0 Å². The highest BCUT2D eigenvalue weighted by atomic mass is 79.9. The highest BCUT2D eigenvalue weighted by Gasteiger charge is 2.06. The van der Waals surface area contributed by atoms with E-state index in [1.807, 2.05) is 28.9 Å². The number of halogens is 2. The molecule has 0 aliphatic carbocycles. The number of aryl methyl sites for hydroxylation is 1. The zero-order valence-electron chi connectivity index (χ0n) is 8.95. The molecule has 2 rings (SSSR count). The first-order valence-corrected chi connectivity index (χ1v) is 6.33. The van der Waals surface area contributed by atoms with Gasteiger partial charge in [0.15, 0.2) is 0 Å². The van der Waals surface area contributed by atoms with Crippen LogP contribution in [-0.2, 0) is 13.0 Å². The van der Waals surface area contributed by atoms with Gasteiger partial charge in [0.05, 0.1) is 12.2 Å². The lowest BCUT2D eigenvalue weighted by molar-refractivity contribution is 0.672. The van der Waals surface area contributed by atoms with E-state index in [2.05, 4.69) is 34.0 Å². The van der Waals surface area contributed by atoms with Crippen molar-refractivity contribution in [2.75, 3.05) is 0 Å². The van der Waals surface area contributed by atoms with Crippen molar-refractivity contribution in [2.24, 2.45) is 0 Å². The lowest BCUT2D eigenvalue weighted by atomic mass is 10.2. The summed E-state index contributed by atoms with van der Waals surface area (Å²) >= 11 is 9.63. The molecular weight excluding hydrogens is 288 g/mol. The van der Waals surface area contributed by atoms with Crippen molar-refractivity contribution >= 4 is 27.5 Å². The van der Waals surface area contributed by atoms with Gasteiger partial charge in [-0.25, -0.2) is 4.68 Å². The molecule has 0 bridgehead atoms. The van der Waals surface area contributed by atoms with Gasteiger partial charge < -0.3 is 0 Å². The van der Waals surface area contributed by atoms with Crippen molar-refractivity contribution < 1.29 is 0 Å². The van der Waals surface area contributed by atoms with Crippen molar-refractivity contribution in [1.82, 2.24) is 9.78 Å². The second-order valence-corrected chi connectivity index (χ2v) is 4.80. The average molecular weight is 300 g/mol. The Labute approximate surface area is 108 Å². The molecule has 0 fully saturated rings. The van der Waals surface area contributed by atoms with Crippen molar-refractivity contribution in [1.29, 1.82) is 0 Å². The molecule has 0 atom stereocenters. The van der Waals surface area contributed by atoms with E-state index in [1.165, 1.54) is 5.56 Å². The van der Waals surface area contributed by atoms with Crippen LogP contribution < -0.4 is 0 Å². The molecule has 0 unspecified atom stereocenters. The molecule has 1 aromatic heterocycles. The first-order valence-electron chi connectivity index (χ1n) is 5.16.